The predicted molar refractivity (Wildman–Crippen MR) is 91.0 cm³/mol. The van der Waals surface area contributed by atoms with Crippen LogP contribution in [0.5, 0.6) is 0 Å². The molecule has 2 heterocycles. The summed E-state index contributed by atoms with van der Waals surface area (Å²) in [7, 11) is 0. The molecule has 0 aromatic heterocycles. The molecule has 0 radical (unpaired) electrons. The van der Waals surface area contributed by atoms with E-state index in [0.717, 1.165) is 58.5 Å². The fourth-order valence-corrected chi connectivity index (χ4v) is 2.39. The number of nitrogens with zero attached hydrogens (tertiary/aromatic N) is 2. The molecule has 0 atom stereocenters. The Hall–Kier alpha value is -0.160. The second-order valence-electron chi connectivity index (χ2n) is 6.05. The SMILES string of the molecule is CC.CC(C)CN1CCOCC1.CC(C)N1CCOCC1. The van der Waals surface area contributed by atoms with E-state index in [2.05, 4.69) is 37.5 Å². The normalized spacial score (nSPS) is 20.6. The number of ether oxygens (including phenoxy) is 2. The highest BCUT2D eigenvalue weighted by molar-refractivity contribution is 4.65. The van der Waals surface area contributed by atoms with Gasteiger partial charge in [-0.1, -0.05) is 27.7 Å². The second kappa shape index (κ2) is 13.5. The molecule has 0 bridgehead atoms. The summed E-state index contributed by atoms with van der Waals surface area (Å²) in [6.07, 6.45) is 0. The van der Waals surface area contributed by atoms with Gasteiger partial charge in [0.1, 0.15) is 0 Å². The minimum absolute atomic E-state index is 0.689. The molecule has 0 N–H and O–H groups in total. The van der Waals surface area contributed by atoms with Crippen molar-refractivity contribution in [2.75, 3.05) is 59.2 Å². The van der Waals surface area contributed by atoms with E-state index in [9.17, 15) is 0 Å². The third kappa shape index (κ3) is 11.1. The molecule has 2 rings (SSSR count). The lowest BCUT2D eigenvalue weighted by Gasteiger charge is -2.29. The van der Waals surface area contributed by atoms with E-state index in [1.165, 1.54) is 6.54 Å². The summed E-state index contributed by atoms with van der Waals surface area (Å²) in [5.41, 5.74) is 0. The van der Waals surface area contributed by atoms with Gasteiger partial charge in [-0.05, 0) is 19.8 Å². The van der Waals surface area contributed by atoms with E-state index in [1.807, 2.05) is 13.8 Å². The van der Waals surface area contributed by atoms with Crippen molar-refractivity contribution >= 4 is 0 Å². The van der Waals surface area contributed by atoms with E-state index < -0.39 is 0 Å². The van der Waals surface area contributed by atoms with Crippen LogP contribution in [0.1, 0.15) is 41.5 Å². The molecule has 0 aromatic carbocycles. The molecule has 0 unspecified atom stereocenters. The Bertz CT molecular complexity index is 211. The third-order valence-electron chi connectivity index (χ3n) is 3.50. The Morgan fingerprint density at radius 2 is 1.19 bits per heavy atom. The maximum atomic E-state index is 5.24. The standard InChI is InChI=1S/C8H17NO.C7H15NO.C2H6/c1-8(2)7-9-3-5-10-6-4-9;1-7(2)8-3-5-9-6-4-8;1-2/h8H,3-7H2,1-2H3;7H,3-6H2,1-2H3;1-2H3. The second-order valence-corrected chi connectivity index (χ2v) is 6.05. The molecule has 2 fully saturated rings. The minimum Gasteiger partial charge on any atom is -0.379 e. The number of hydrogen-bond donors (Lipinski definition) is 0. The lowest BCUT2D eigenvalue weighted by atomic mass is 10.2. The van der Waals surface area contributed by atoms with Gasteiger partial charge in [0.15, 0.2) is 0 Å². The molecule has 2 saturated heterocycles. The molecule has 0 saturated carbocycles. The van der Waals surface area contributed by atoms with Crippen molar-refractivity contribution in [3.05, 3.63) is 0 Å². The fraction of sp³-hybridized carbons (Fsp3) is 1.00. The summed E-state index contributed by atoms with van der Waals surface area (Å²) in [6, 6.07) is 0.689. The van der Waals surface area contributed by atoms with Crippen LogP contribution in [-0.4, -0.2) is 75.0 Å². The lowest BCUT2D eigenvalue weighted by molar-refractivity contribution is 0.0238. The topological polar surface area (TPSA) is 24.9 Å². The molecule has 4 nitrogen and oxygen atoms in total. The van der Waals surface area contributed by atoms with Crippen LogP contribution in [0, 0.1) is 5.92 Å². The van der Waals surface area contributed by atoms with Gasteiger partial charge in [0, 0.05) is 38.8 Å². The zero-order valence-electron chi connectivity index (χ0n) is 15.2. The maximum absolute atomic E-state index is 5.24. The van der Waals surface area contributed by atoms with Gasteiger partial charge in [-0.15, -0.1) is 0 Å². The maximum Gasteiger partial charge on any atom is 0.0594 e. The van der Waals surface area contributed by atoms with Gasteiger partial charge in [0.2, 0.25) is 0 Å². The van der Waals surface area contributed by atoms with E-state index in [1.54, 1.807) is 0 Å². The highest BCUT2D eigenvalue weighted by Crippen LogP contribution is 2.02. The molecular formula is C17H38N2O2. The average molecular weight is 303 g/mol. The smallest absolute Gasteiger partial charge is 0.0594 e. The van der Waals surface area contributed by atoms with Crippen molar-refractivity contribution in [2.45, 2.75) is 47.6 Å². The van der Waals surface area contributed by atoms with E-state index >= 15 is 0 Å². The van der Waals surface area contributed by atoms with Crippen LogP contribution in [0.15, 0.2) is 0 Å². The van der Waals surface area contributed by atoms with Gasteiger partial charge in [0.05, 0.1) is 26.4 Å². The van der Waals surface area contributed by atoms with Crippen LogP contribution in [0.25, 0.3) is 0 Å². The summed E-state index contributed by atoms with van der Waals surface area (Å²) < 4.78 is 10.4. The first-order chi connectivity index (χ1) is 10.1. The predicted octanol–water partition coefficient (Wildman–Crippen LogP) is 2.73. The van der Waals surface area contributed by atoms with Crippen LogP contribution in [0.3, 0.4) is 0 Å². The van der Waals surface area contributed by atoms with Crippen molar-refractivity contribution in [2.24, 2.45) is 5.92 Å². The Labute approximate surface area is 132 Å². The van der Waals surface area contributed by atoms with Crippen molar-refractivity contribution in [3.63, 3.8) is 0 Å². The molecule has 0 aliphatic carbocycles. The molecule has 2 aliphatic heterocycles. The fourth-order valence-electron chi connectivity index (χ4n) is 2.39. The highest BCUT2D eigenvalue weighted by Gasteiger charge is 2.12. The summed E-state index contributed by atoms with van der Waals surface area (Å²) in [5, 5.41) is 0. The van der Waals surface area contributed by atoms with Crippen LogP contribution in [0.4, 0.5) is 0 Å². The number of rotatable bonds is 3. The van der Waals surface area contributed by atoms with Crippen molar-refractivity contribution in [1.29, 1.82) is 0 Å². The highest BCUT2D eigenvalue weighted by atomic mass is 16.5. The Kier molecular flexibility index (Phi) is 13.4. The molecule has 21 heavy (non-hydrogen) atoms. The van der Waals surface area contributed by atoms with Gasteiger partial charge in [0.25, 0.3) is 0 Å². The van der Waals surface area contributed by atoms with Gasteiger partial charge in [-0.2, -0.15) is 0 Å². The first-order valence-corrected chi connectivity index (χ1v) is 8.71. The summed E-state index contributed by atoms with van der Waals surface area (Å²) in [4.78, 5) is 4.90. The van der Waals surface area contributed by atoms with Crippen molar-refractivity contribution < 1.29 is 9.47 Å². The summed E-state index contributed by atoms with van der Waals surface area (Å²) >= 11 is 0. The average Bonchev–Trinajstić information content (AvgIpc) is 2.51. The molecular weight excluding hydrogens is 264 g/mol. The van der Waals surface area contributed by atoms with Crippen molar-refractivity contribution in [3.8, 4) is 0 Å². The number of morpholine rings is 2. The lowest BCUT2D eigenvalue weighted by Crippen LogP contribution is -2.40. The van der Waals surface area contributed by atoms with E-state index in [0.29, 0.717) is 6.04 Å². The van der Waals surface area contributed by atoms with Gasteiger partial charge in [-0.3, -0.25) is 9.80 Å². The van der Waals surface area contributed by atoms with E-state index in [-0.39, 0.29) is 0 Å². The van der Waals surface area contributed by atoms with Crippen molar-refractivity contribution in [1.82, 2.24) is 9.80 Å². The molecule has 0 amide bonds. The molecule has 2 aliphatic rings. The molecule has 4 heteroatoms. The monoisotopic (exact) mass is 302 g/mol. The Balaban J connectivity index is 0.000000342. The summed E-state index contributed by atoms with van der Waals surface area (Å²) in [6.45, 7) is 22.3. The quantitative estimate of drug-likeness (QED) is 0.800. The Morgan fingerprint density at radius 3 is 1.52 bits per heavy atom. The first-order valence-electron chi connectivity index (χ1n) is 8.71. The zero-order chi connectivity index (χ0) is 16.1. The van der Waals surface area contributed by atoms with Crippen LogP contribution >= 0.6 is 0 Å². The van der Waals surface area contributed by atoms with Crippen LogP contribution < -0.4 is 0 Å². The third-order valence-corrected chi connectivity index (χ3v) is 3.50. The Morgan fingerprint density at radius 1 is 0.762 bits per heavy atom. The van der Waals surface area contributed by atoms with Crippen LogP contribution in [-0.2, 0) is 9.47 Å². The largest absolute Gasteiger partial charge is 0.379 e. The number of hydrogen-bond acceptors (Lipinski definition) is 4. The molecule has 128 valence electrons. The van der Waals surface area contributed by atoms with E-state index in [4.69, 9.17) is 9.47 Å². The van der Waals surface area contributed by atoms with Crippen LogP contribution in [0.2, 0.25) is 0 Å². The minimum atomic E-state index is 0.689. The summed E-state index contributed by atoms with van der Waals surface area (Å²) in [5.74, 6) is 0.790. The zero-order valence-corrected chi connectivity index (χ0v) is 15.2. The van der Waals surface area contributed by atoms with Gasteiger partial charge in [-0.25, -0.2) is 0 Å². The molecule has 0 spiro atoms. The van der Waals surface area contributed by atoms with Gasteiger partial charge >= 0.3 is 0 Å². The first kappa shape index (κ1) is 20.8. The van der Waals surface area contributed by atoms with Gasteiger partial charge < -0.3 is 9.47 Å². The molecule has 0 aromatic rings.